The molecular weight excluding hydrogens is 236 g/mol. The molecule has 0 radical (unpaired) electrons. The Morgan fingerprint density at radius 3 is 3.00 bits per heavy atom. The van der Waals surface area contributed by atoms with Gasteiger partial charge >= 0.3 is 0 Å². The Kier molecular flexibility index (Phi) is 5.90. The van der Waals surface area contributed by atoms with Gasteiger partial charge in [-0.15, -0.1) is 0 Å². The minimum atomic E-state index is 0.199. The van der Waals surface area contributed by atoms with E-state index in [9.17, 15) is 4.79 Å². The number of allylic oxidation sites excluding steroid dienone is 1. The predicted molar refractivity (Wildman–Crippen MR) is 79.1 cm³/mol. The van der Waals surface area contributed by atoms with E-state index in [1.165, 1.54) is 50.5 Å². The van der Waals surface area contributed by atoms with Crippen LogP contribution in [0.2, 0.25) is 0 Å². The molecule has 1 atom stereocenters. The van der Waals surface area contributed by atoms with E-state index < -0.39 is 0 Å². The van der Waals surface area contributed by atoms with Gasteiger partial charge in [-0.25, -0.2) is 0 Å². The quantitative estimate of drug-likeness (QED) is 0.774. The minimum absolute atomic E-state index is 0.199. The molecule has 108 valence electrons. The first-order chi connectivity index (χ1) is 9.25. The van der Waals surface area contributed by atoms with E-state index in [0.717, 1.165) is 19.5 Å². The number of hydrogen-bond acceptors (Lipinski definition) is 2. The Morgan fingerprint density at radius 2 is 2.26 bits per heavy atom. The number of piperidine rings is 1. The molecule has 2 rings (SSSR count). The van der Waals surface area contributed by atoms with Gasteiger partial charge in [0.25, 0.3) is 0 Å². The molecule has 1 saturated heterocycles. The summed E-state index contributed by atoms with van der Waals surface area (Å²) in [4.78, 5) is 14.2. The van der Waals surface area contributed by atoms with Gasteiger partial charge in [0.2, 0.25) is 5.91 Å². The fourth-order valence-electron chi connectivity index (χ4n) is 3.13. The topological polar surface area (TPSA) is 32.3 Å². The minimum Gasteiger partial charge on any atom is -0.355 e. The highest BCUT2D eigenvalue weighted by atomic mass is 16.2. The molecule has 19 heavy (non-hydrogen) atoms. The van der Waals surface area contributed by atoms with Crippen LogP contribution in [0.15, 0.2) is 11.6 Å². The van der Waals surface area contributed by atoms with E-state index in [2.05, 4.69) is 23.2 Å². The summed E-state index contributed by atoms with van der Waals surface area (Å²) in [6, 6.07) is 0.570. The maximum absolute atomic E-state index is 11.9. The van der Waals surface area contributed by atoms with Crippen molar-refractivity contribution in [3.8, 4) is 0 Å². The SMILES string of the molecule is C[C@H]1CCCCN1CC(=O)NCCC1=CCCCC1. The second kappa shape index (κ2) is 7.68. The molecule has 0 bridgehead atoms. The lowest BCUT2D eigenvalue weighted by Crippen LogP contribution is -2.44. The molecule has 1 fully saturated rings. The van der Waals surface area contributed by atoms with Gasteiger partial charge in [-0.3, -0.25) is 9.69 Å². The van der Waals surface area contributed by atoms with E-state index in [4.69, 9.17) is 0 Å². The van der Waals surface area contributed by atoms with Gasteiger partial charge in [0.15, 0.2) is 0 Å². The molecule has 0 aromatic heterocycles. The van der Waals surface area contributed by atoms with Crippen molar-refractivity contribution < 1.29 is 4.79 Å². The molecule has 1 N–H and O–H groups in total. The lowest BCUT2D eigenvalue weighted by atomic mass is 9.97. The number of hydrogen-bond donors (Lipinski definition) is 1. The van der Waals surface area contributed by atoms with Crippen molar-refractivity contribution in [2.75, 3.05) is 19.6 Å². The van der Waals surface area contributed by atoms with Crippen LogP contribution in [0.3, 0.4) is 0 Å². The Hall–Kier alpha value is -0.830. The normalized spacial score (nSPS) is 24.9. The van der Waals surface area contributed by atoms with Gasteiger partial charge in [-0.2, -0.15) is 0 Å². The standard InChI is InChI=1S/C16H28N2O/c1-14-7-5-6-12-18(14)13-16(19)17-11-10-15-8-3-2-4-9-15/h8,14H,2-7,9-13H2,1H3,(H,17,19)/t14-/m0/s1. The number of likely N-dealkylation sites (tertiary alicyclic amines) is 1. The summed E-state index contributed by atoms with van der Waals surface area (Å²) in [6.07, 6.45) is 12.3. The maximum atomic E-state index is 11.9. The molecule has 2 aliphatic rings. The molecule has 1 aliphatic heterocycles. The van der Waals surface area contributed by atoms with E-state index >= 15 is 0 Å². The fraction of sp³-hybridized carbons (Fsp3) is 0.812. The monoisotopic (exact) mass is 264 g/mol. The first kappa shape index (κ1) is 14.6. The number of amides is 1. The summed E-state index contributed by atoms with van der Waals surface area (Å²) in [5, 5.41) is 3.08. The van der Waals surface area contributed by atoms with E-state index in [-0.39, 0.29) is 5.91 Å². The smallest absolute Gasteiger partial charge is 0.234 e. The zero-order chi connectivity index (χ0) is 13.5. The summed E-state index contributed by atoms with van der Waals surface area (Å²) < 4.78 is 0. The van der Waals surface area contributed by atoms with E-state index in [0.29, 0.717) is 12.6 Å². The summed E-state index contributed by atoms with van der Waals surface area (Å²) in [7, 11) is 0. The van der Waals surface area contributed by atoms with Gasteiger partial charge in [-0.05, 0) is 58.4 Å². The highest BCUT2D eigenvalue weighted by molar-refractivity contribution is 5.78. The predicted octanol–water partition coefficient (Wildman–Crippen LogP) is 2.87. The number of nitrogens with zero attached hydrogens (tertiary/aromatic N) is 1. The summed E-state index contributed by atoms with van der Waals surface area (Å²) in [6.45, 7) is 4.71. The largest absolute Gasteiger partial charge is 0.355 e. The van der Waals surface area contributed by atoms with Crippen LogP contribution < -0.4 is 5.32 Å². The van der Waals surface area contributed by atoms with Crippen molar-refractivity contribution in [2.45, 2.75) is 64.3 Å². The lowest BCUT2D eigenvalue weighted by molar-refractivity contribution is -0.123. The van der Waals surface area contributed by atoms with Gasteiger partial charge in [-0.1, -0.05) is 18.1 Å². The average molecular weight is 264 g/mol. The fourth-order valence-corrected chi connectivity index (χ4v) is 3.13. The van der Waals surface area contributed by atoms with Crippen LogP contribution in [0.1, 0.15) is 58.3 Å². The average Bonchev–Trinajstić information content (AvgIpc) is 2.43. The molecule has 3 nitrogen and oxygen atoms in total. The molecule has 0 unspecified atom stereocenters. The first-order valence-corrected chi connectivity index (χ1v) is 7.94. The van der Waals surface area contributed by atoms with Crippen LogP contribution in [0.25, 0.3) is 0 Å². The highest BCUT2D eigenvalue weighted by Gasteiger charge is 2.20. The van der Waals surface area contributed by atoms with Crippen molar-refractivity contribution in [1.82, 2.24) is 10.2 Å². The van der Waals surface area contributed by atoms with E-state index in [1.807, 2.05) is 0 Å². The Balaban J connectivity index is 1.62. The molecule has 3 heteroatoms. The molecular formula is C16H28N2O. The Bertz CT molecular complexity index is 325. The van der Waals surface area contributed by atoms with Crippen LogP contribution in [-0.4, -0.2) is 36.5 Å². The van der Waals surface area contributed by atoms with Crippen molar-refractivity contribution in [3.05, 3.63) is 11.6 Å². The zero-order valence-corrected chi connectivity index (χ0v) is 12.3. The molecule has 0 aromatic rings. The number of carbonyl (C=O) groups excluding carboxylic acids is 1. The third-order valence-corrected chi connectivity index (χ3v) is 4.44. The van der Waals surface area contributed by atoms with Crippen molar-refractivity contribution in [1.29, 1.82) is 0 Å². The lowest BCUT2D eigenvalue weighted by Gasteiger charge is -2.32. The Labute approximate surface area is 117 Å². The van der Waals surface area contributed by atoms with Gasteiger partial charge in [0.1, 0.15) is 0 Å². The molecule has 0 spiro atoms. The Morgan fingerprint density at radius 1 is 1.37 bits per heavy atom. The molecule has 0 aromatic carbocycles. The third kappa shape index (κ3) is 4.98. The van der Waals surface area contributed by atoms with Crippen molar-refractivity contribution in [2.24, 2.45) is 0 Å². The maximum Gasteiger partial charge on any atom is 0.234 e. The number of carbonyl (C=O) groups is 1. The molecule has 0 saturated carbocycles. The van der Waals surface area contributed by atoms with Crippen LogP contribution in [0, 0.1) is 0 Å². The molecule has 1 amide bonds. The van der Waals surface area contributed by atoms with Gasteiger partial charge < -0.3 is 5.32 Å². The number of rotatable bonds is 5. The van der Waals surface area contributed by atoms with Gasteiger partial charge in [0, 0.05) is 12.6 Å². The summed E-state index contributed by atoms with van der Waals surface area (Å²) in [5.74, 6) is 0.199. The zero-order valence-electron chi connectivity index (χ0n) is 12.3. The number of nitrogens with one attached hydrogen (secondary N) is 1. The van der Waals surface area contributed by atoms with Gasteiger partial charge in [0.05, 0.1) is 6.54 Å². The van der Waals surface area contributed by atoms with Crippen LogP contribution >= 0.6 is 0 Å². The van der Waals surface area contributed by atoms with Crippen molar-refractivity contribution in [3.63, 3.8) is 0 Å². The van der Waals surface area contributed by atoms with Crippen LogP contribution in [0.5, 0.6) is 0 Å². The van der Waals surface area contributed by atoms with E-state index in [1.54, 1.807) is 0 Å². The van der Waals surface area contributed by atoms with Crippen LogP contribution in [-0.2, 0) is 4.79 Å². The second-order valence-corrected chi connectivity index (χ2v) is 6.02. The molecule has 1 heterocycles. The molecule has 1 aliphatic carbocycles. The van der Waals surface area contributed by atoms with Crippen LogP contribution in [0.4, 0.5) is 0 Å². The first-order valence-electron chi connectivity index (χ1n) is 7.94. The summed E-state index contributed by atoms with van der Waals surface area (Å²) in [5.41, 5.74) is 1.54. The van der Waals surface area contributed by atoms with Crippen molar-refractivity contribution >= 4 is 5.91 Å². The highest BCUT2D eigenvalue weighted by Crippen LogP contribution is 2.19. The second-order valence-electron chi connectivity index (χ2n) is 6.02. The summed E-state index contributed by atoms with van der Waals surface area (Å²) >= 11 is 0. The third-order valence-electron chi connectivity index (χ3n) is 4.44.